The van der Waals surface area contributed by atoms with Crippen molar-refractivity contribution in [3.8, 4) is 5.75 Å². The van der Waals surface area contributed by atoms with Gasteiger partial charge in [0.15, 0.2) is 11.6 Å². The van der Waals surface area contributed by atoms with Crippen LogP contribution in [0, 0.1) is 0 Å². The Morgan fingerprint density at radius 3 is 2.39 bits per heavy atom. The fourth-order valence-corrected chi connectivity index (χ4v) is 2.36. The summed E-state index contributed by atoms with van der Waals surface area (Å²) in [6.07, 6.45) is -0.224. The van der Waals surface area contributed by atoms with Gasteiger partial charge in [-0.1, -0.05) is 23.7 Å². The van der Waals surface area contributed by atoms with E-state index in [1.165, 1.54) is 18.5 Å². The van der Waals surface area contributed by atoms with E-state index in [9.17, 15) is 13.2 Å². The number of alkyl halides is 3. The molecule has 0 amide bonds. The molecule has 146 valence electrons. The van der Waals surface area contributed by atoms with E-state index in [-0.39, 0.29) is 12.4 Å². The van der Waals surface area contributed by atoms with Crippen LogP contribution in [0.5, 0.6) is 5.75 Å². The monoisotopic (exact) mass is 409 g/mol. The second-order valence-electron chi connectivity index (χ2n) is 5.78. The summed E-state index contributed by atoms with van der Waals surface area (Å²) in [6.45, 7) is 0.515. The minimum Gasteiger partial charge on any atom is -0.485 e. The molecule has 0 atom stereocenters. The van der Waals surface area contributed by atoms with Gasteiger partial charge in [-0.15, -0.1) is 0 Å². The van der Waals surface area contributed by atoms with Crippen LogP contribution in [0.25, 0.3) is 0 Å². The Morgan fingerprint density at radius 2 is 1.75 bits per heavy atom. The number of halogens is 4. The minimum atomic E-state index is -4.45. The molecular weight excluding hydrogens is 395 g/mol. The summed E-state index contributed by atoms with van der Waals surface area (Å²) < 4.78 is 43.1. The number of rotatable bonds is 6. The molecular formula is C18H15ClF3N5O. The lowest BCUT2D eigenvalue weighted by atomic mass is 10.2. The molecule has 0 spiro atoms. The molecule has 0 aliphatic carbocycles. The van der Waals surface area contributed by atoms with Gasteiger partial charge in [0.2, 0.25) is 0 Å². The maximum Gasteiger partial charge on any atom is 0.433 e. The third-order valence-electron chi connectivity index (χ3n) is 3.66. The maximum atomic E-state index is 12.5. The average Bonchev–Trinajstić information content (AvgIpc) is 2.67. The first-order chi connectivity index (χ1) is 13.3. The summed E-state index contributed by atoms with van der Waals surface area (Å²) in [5.74, 6) is 1.18. The number of nitrogens with two attached hydrogens (primary N) is 1. The fourth-order valence-electron chi connectivity index (χ4n) is 2.21. The SMILES string of the molecule is Nc1ncc(Cl)cc1OCc1ccc(NCc2ccc(C(F)(F)F)nc2)nc1. The van der Waals surface area contributed by atoms with Crippen LogP contribution in [0.3, 0.4) is 0 Å². The molecule has 0 aromatic carbocycles. The van der Waals surface area contributed by atoms with Gasteiger partial charge in [-0.3, -0.25) is 4.98 Å². The van der Waals surface area contributed by atoms with E-state index in [4.69, 9.17) is 22.1 Å². The van der Waals surface area contributed by atoms with Gasteiger partial charge in [0, 0.05) is 36.8 Å². The Balaban J connectivity index is 1.53. The number of pyridine rings is 3. The number of hydrogen-bond donors (Lipinski definition) is 2. The van der Waals surface area contributed by atoms with E-state index in [1.807, 2.05) is 0 Å². The molecule has 0 radical (unpaired) electrons. The van der Waals surface area contributed by atoms with Crippen LogP contribution in [-0.2, 0) is 19.3 Å². The van der Waals surface area contributed by atoms with Crippen molar-refractivity contribution in [3.63, 3.8) is 0 Å². The molecule has 0 bridgehead atoms. The second-order valence-corrected chi connectivity index (χ2v) is 6.22. The highest BCUT2D eigenvalue weighted by Crippen LogP contribution is 2.27. The Morgan fingerprint density at radius 1 is 1.00 bits per heavy atom. The third-order valence-corrected chi connectivity index (χ3v) is 3.86. The molecule has 3 aromatic rings. The van der Waals surface area contributed by atoms with Crippen LogP contribution in [-0.4, -0.2) is 15.0 Å². The lowest BCUT2D eigenvalue weighted by Crippen LogP contribution is -2.09. The third kappa shape index (κ3) is 5.23. The van der Waals surface area contributed by atoms with Crippen LogP contribution >= 0.6 is 11.6 Å². The highest BCUT2D eigenvalue weighted by molar-refractivity contribution is 6.30. The van der Waals surface area contributed by atoms with Crippen molar-refractivity contribution in [1.29, 1.82) is 0 Å². The molecule has 0 saturated heterocycles. The molecule has 10 heteroatoms. The molecule has 0 fully saturated rings. The van der Waals surface area contributed by atoms with Gasteiger partial charge < -0.3 is 15.8 Å². The van der Waals surface area contributed by atoms with E-state index in [0.29, 0.717) is 28.7 Å². The lowest BCUT2D eigenvalue weighted by molar-refractivity contribution is -0.141. The Labute approximate surface area is 163 Å². The van der Waals surface area contributed by atoms with Gasteiger partial charge >= 0.3 is 6.18 Å². The molecule has 6 nitrogen and oxygen atoms in total. The minimum absolute atomic E-state index is 0.225. The topological polar surface area (TPSA) is 86.0 Å². The molecule has 0 unspecified atom stereocenters. The zero-order valence-electron chi connectivity index (χ0n) is 14.4. The first-order valence-electron chi connectivity index (χ1n) is 8.06. The van der Waals surface area contributed by atoms with Crippen molar-refractivity contribution in [2.45, 2.75) is 19.3 Å². The number of aromatic nitrogens is 3. The summed E-state index contributed by atoms with van der Waals surface area (Å²) in [4.78, 5) is 11.6. The van der Waals surface area contributed by atoms with E-state index in [1.54, 1.807) is 24.4 Å². The fraction of sp³-hybridized carbons (Fsp3) is 0.167. The lowest BCUT2D eigenvalue weighted by Gasteiger charge is -2.10. The van der Waals surface area contributed by atoms with Crippen molar-refractivity contribution < 1.29 is 17.9 Å². The molecule has 3 rings (SSSR count). The first-order valence-corrected chi connectivity index (χ1v) is 8.44. The molecule has 3 N–H and O–H groups in total. The van der Waals surface area contributed by atoms with Crippen molar-refractivity contribution in [1.82, 2.24) is 15.0 Å². The van der Waals surface area contributed by atoms with Crippen LogP contribution < -0.4 is 15.8 Å². The second kappa shape index (κ2) is 8.30. The molecule has 0 aliphatic rings. The molecule has 0 aliphatic heterocycles. The Hall–Kier alpha value is -3.07. The van der Waals surface area contributed by atoms with Crippen molar-refractivity contribution in [2.24, 2.45) is 0 Å². The highest BCUT2D eigenvalue weighted by Gasteiger charge is 2.31. The Kier molecular flexibility index (Phi) is 5.84. The van der Waals surface area contributed by atoms with Crippen molar-refractivity contribution >= 4 is 23.2 Å². The summed E-state index contributed by atoms with van der Waals surface area (Å²) in [6, 6.07) is 7.42. The quantitative estimate of drug-likeness (QED) is 0.630. The zero-order chi connectivity index (χ0) is 20.1. The highest BCUT2D eigenvalue weighted by atomic mass is 35.5. The van der Waals surface area contributed by atoms with Crippen LogP contribution in [0.15, 0.2) is 48.9 Å². The van der Waals surface area contributed by atoms with Gasteiger partial charge in [-0.05, 0) is 17.7 Å². The van der Waals surface area contributed by atoms with E-state index < -0.39 is 11.9 Å². The summed E-state index contributed by atoms with van der Waals surface area (Å²) >= 11 is 5.86. The van der Waals surface area contributed by atoms with Crippen LogP contribution in [0.2, 0.25) is 5.02 Å². The smallest absolute Gasteiger partial charge is 0.433 e. The Bertz CT molecular complexity index is 933. The predicted octanol–water partition coefficient (Wildman–Crippen LogP) is 4.32. The van der Waals surface area contributed by atoms with Gasteiger partial charge in [0.05, 0.1) is 5.02 Å². The van der Waals surface area contributed by atoms with Crippen molar-refractivity contribution in [2.75, 3.05) is 11.1 Å². The van der Waals surface area contributed by atoms with Crippen LogP contribution in [0.4, 0.5) is 24.8 Å². The maximum absolute atomic E-state index is 12.5. The average molecular weight is 410 g/mol. The predicted molar refractivity (Wildman–Crippen MR) is 98.8 cm³/mol. The van der Waals surface area contributed by atoms with E-state index >= 15 is 0 Å². The molecule has 3 aromatic heterocycles. The number of anilines is 2. The largest absolute Gasteiger partial charge is 0.485 e. The first kappa shape index (κ1) is 19.7. The van der Waals surface area contributed by atoms with Crippen LogP contribution in [0.1, 0.15) is 16.8 Å². The normalized spacial score (nSPS) is 11.3. The summed E-state index contributed by atoms with van der Waals surface area (Å²) in [5, 5.41) is 3.43. The van der Waals surface area contributed by atoms with E-state index in [2.05, 4.69) is 20.3 Å². The van der Waals surface area contributed by atoms with E-state index in [0.717, 1.165) is 11.6 Å². The molecule has 28 heavy (non-hydrogen) atoms. The standard InChI is InChI=1S/C18H15ClF3N5O/c19-13-5-14(17(23)27-9-13)28-10-12-2-4-16(26-8-12)25-7-11-1-3-15(24-6-11)18(20,21)22/h1-6,8-9H,7,10H2,(H2,23,27)(H,25,26). The number of nitrogen functional groups attached to an aromatic ring is 1. The summed E-state index contributed by atoms with van der Waals surface area (Å²) in [7, 11) is 0. The van der Waals surface area contributed by atoms with Gasteiger partial charge in [-0.25, -0.2) is 9.97 Å². The molecule has 3 heterocycles. The molecule has 0 saturated carbocycles. The number of nitrogens with zero attached hydrogens (tertiary/aromatic N) is 3. The van der Waals surface area contributed by atoms with Gasteiger partial charge in [0.25, 0.3) is 0 Å². The number of hydrogen-bond acceptors (Lipinski definition) is 6. The van der Waals surface area contributed by atoms with Gasteiger partial charge in [-0.2, -0.15) is 13.2 Å². The number of nitrogens with one attached hydrogen (secondary N) is 1. The number of ether oxygens (including phenoxy) is 1. The van der Waals surface area contributed by atoms with Crippen molar-refractivity contribution in [3.05, 3.63) is 70.8 Å². The van der Waals surface area contributed by atoms with Gasteiger partial charge in [0.1, 0.15) is 18.1 Å². The zero-order valence-corrected chi connectivity index (χ0v) is 15.1. The summed E-state index contributed by atoms with van der Waals surface area (Å²) in [5.41, 5.74) is 6.19.